The first-order valence-electron chi connectivity index (χ1n) is 5.34. The number of carbonyl (C=O) groups is 1. The third kappa shape index (κ3) is 2.56. The van der Waals surface area contributed by atoms with E-state index in [0.717, 1.165) is 22.0 Å². The summed E-state index contributed by atoms with van der Waals surface area (Å²) in [6.07, 6.45) is 0. The van der Waals surface area contributed by atoms with Crippen LogP contribution in [0, 0.1) is 6.92 Å². The number of benzene rings is 1. The maximum absolute atomic E-state index is 11.0. The van der Waals surface area contributed by atoms with Crippen LogP contribution >= 0.6 is 11.6 Å². The number of fused-ring (bicyclic) bond motifs is 1. The van der Waals surface area contributed by atoms with Gasteiger partial charge in [-0.05, 0) is 30.2 Å². The van der Waals surface area contributed by atoms with Crippen LogP contribution in [0.15, 0.2) is 24.3 Å². The molecule has 0 aliphatic heterocycles. The highest BCUT2D eigenvalue weighted by Gasteiger charge is 2.04. The Labute approximate surface area is 105 Å². The number of alkyl halides is 1. The topological polar surface area (TPSA) is 42.0 Å². The number of carbonyl (C=O) groups excluding carboxylic acids is 1. The zero-order chi connectivity index (χ0) is 12.4. The molecule has 0 saturated heterocycles. The third-order valence-electron chi connectivity index (χ3n) is 2.54. The Balaban J connectivity index is 2.57. The van der Waals surface area contributed by atoms with Crippen LogP contribution in [0.3, 0.4) is 0 Å². The van der Waals surface area contributed by atoms with Crippen molar-refractivity contribution in [1.82, 2.24) is 4.98 Å². The van der Waals surface area contributed by atoms with Crippen molar-refractivity contribution in [1.29, 1.82) is 0 Å². The van der Waals surface area contributed by atoms with Crippen LogP contribution in [0.1, 0.15) is 18.1 Å². The fourth-order valence-electron chi connectivity index (χ4n) is 1.78. The summed E-state index contributed by atoms with van der Waals surface area (Å²) in [7, 11) is 0. The molecule has 0 atom stereocenters. The van der Waals surface area contributed by atoms with Crippen molar-refractivity contribution in [3.05, 3.63) is 35.4 Å². The van der Waals surface area contributed by atoms with E-state index in [-0.39, 0.29) is 5.91 Å². The second-order valence-electron chi connectivity index (χ2n) is 3.99. The van der Waals surface area contributed by atoms with E-state index in [1.165, 1.54) is 6.92 Å². The maximum Gasteiger partial charge on any atom is 0.222 e. The third-order valence-corrected chi connectivity index (χ3v) is 2.85. The van der Waals surface area contributed by atoms with E-state index in [1.54, 1.807) is 0 Å². The van der Waals surface area contributed by atoms with Gasteiger partial charge in [0, 0.05) is 18.2 Å². The Kier molecular flexibility index (Phi) is 3.29. The lowest BCUT2D eigenvalue weighted by molar-refractivity contribution is -0.114. The molecule has 1 aromatic carbocycles. The van der Waals surface area contributed by atoms with Crippen molar-refractivity contribution >= 4 is 34.2 Å². The summed E-state index contributed by atoms with van der Waals surface area (Å²) in [5.74, 6) is 0.917. The van der Waals surface area contributed by atoms with Crippen LogP contribution < -0.4 is 5.32 Å². The number of nitrogens with one attached hydrogen (secondary N) is 1. The van der Waals surface area contributed by atoms with Gasteiger partial charge in [-0.2, -0.15) is 0 Å². The van der Waals surface area contributed by atoms with Crippen LogP contribution in [-0.2, 0) is 10.7 Å². The van der Waals surface area contributed by atoms with E-state index in [0.29, 0.717) is 11.7 Å². The average molecular weight is 249 g/mol. The molecule has 1 aromatic heterocycles. The average Bonchev–Trinajstić information content (AvgIpc) is 2.27. The Hall–Kier alpha value is -1.61. The highest BCUT2D eigenvalue weighted by Crippen LogP contribution is 2.22. The number of amides is 1. The van der Waals surface area contributed by atoms with E-state index in [2.05, 4.69) is 10.3 Å². The van der Waals surface area contributed by atoms with Crippen molar-refractivity contribution in [3.8, 4) is 0 Å². The second-order valence-corrected chi connectivity index (χ2v) is 4.26. The van der Waals surface area contributed by atoms with Crippen molar-refractivity contribution in [2.45, 2.75) is 19.7 Å². The number of aromatic nitrogens is 1. The Morgan fingerprint density at radius 1 is 1.41 bits per heavy atom. The maximum atomic E-state index is 11.0. The lowest BCUT2D eigenvalue weighted by Crippen LogP contribution is -2.07. The number of hydrogen-bond acceptors (Lipinski definition) is 2. The Morgan fingerprint density at radius 3 is 2.82 bits per heavy atom. The number of rotatable bonds is 2. The van der Waals surface area contributed by atoms with Gasteiger partial charge >= 0.3 is 0 Å². The summed E-state index contributed by atoms with van der Waals surface area (Å²) in [5, 5.41) is 3.77. The summed E-state index contributed by atoms with van der Waals surface area (Å²) < 4.78 is 0. The minimum Gasteiger partial charge on any atom is -0.311 e. The van der Waals surface area contributed by atoms with E-state index in [4.69, 9.17) is 11.6 Å². The fourth-order valence-corrected chi connectivity index (χ4v) is 1.94. The molecule has 0 fully saturated rings. The molecule has 0 spiro atoms. The molecular formula is C13H13ClN2O. The van der Waals surface area contributed by atoms with E-state index < -0.39 is 0 Å². The molecule has 88 valence electrons. The van der Waals surface area contributed by atoms with Gasteiger partial charge < -0.3 is 5.32 Å². The van der Waals surface area contributed by atoms with E-state index in [1.807, 2.05) is 31.2 Å². The number of hydrogen-bond donors (Lipinski definition) is 1. The number of halogens is 1. The smallest absolute Gasteiger partial charge is 0.222 e. The predicted molar refractivity (Wildman–Crippen MR) is 70.3 cm³/mol. The van der Waals surface area contributed by atoms with Gasteiger partial charge in [-0.3, -0.25) is 4.79 Å². The van der Waals surface area contributed by atoms with Gasteiger partial charge in [0.05, 0.1) is 5.52 Å². The van der Waals surface area contributed by atoms with Gasteiger partial charge in [0.2, 0.25) is 5.91 Å². The van der Waals surface area contributed by atoms with Crippen LogP contribution in [0.25, 0.3) is 10.9 Å². The van der Waals surface area contributed by atoms with Crippen LogP contribution in [0.4, 0.5) is 5.82 Å². The molecule has 1 N–H and O–H groups in total. The molecule has 0 unspecified atom stereocenters. The van der Waals surface area contributed by atoms with Gasteiger partial charge in [-0.15, -0.1) is 11.6 Å². The highest BCUT2D eigenvalue weighted by molar-refractivity contribution is 6.17. The summed E-state index contributed by atoms with van der Waals surface area (Å²) in [4.78, 5) is 15.4. The number of nitrogens with zero attached hydrogens (tertiary/aromatic N) is 1. The van der Waals surface area contributed by atoms with Crippen molar-refractivity contribution in [2.24, 2.45) is 0 Å². The Bertz CT molecular complexity index is 581. The molecule has 0 aliphatic rings. The molecule has 3 nitrogen and oxygen atoms in total. The van der Waals surface area contributed by atoms with Gasteiger partial charge in [0.1, 0.15) is 5.82 Å². The highest BCUT2D eigenvalue weighted by atomic mass is 35.5. The van der Waals surface area contributed by atoms with Crippen molar-refractivity contribution in [3.63, 3.8) is 0 Å². The summed E-state index contributed by atoms with van der Waals surface area (Å²) in [6, 6.07) is 7.81. The molecule has 1 heterocycles. The molecule has 0 bridgehead atoms. The van der Waals surface area contributed by atoms with Crippen LogP contribution in [0.5, 0.6) is 0 Å². The van der Waals surface area contributed by atoms with Crippen LogP contribution in [-0.4, -0.2) is 10.9 Å². The molecule has 2 aromatic rings. The van der Waals surface area contributed by atoms with Gasteiger partial charge in [-0.1, -0.05) is 12.1 Å². The molecule has 0 aliphatic carbocycles. The fraction of sp³-hybridized carbons (Fsp3) is 0.231. The lowest BCUT2D eigenvalue weighted by atomic mass is 10.1. The van der Waals surface area contributed by atoms with E-state index in [9.17, 15) is 4.79 Å². The molecule has 0 saturated carbocycles. The standard InChI is InChI=1S/C13H13ClN2O/c1-8-5-13(15-9(2)17)16-12-6-10(7-14)3-4-11(8)12/h3-6H,7H2,1-2H3,(H,15,16,17). The summed E-state index contributed by atoms with van der Waals surface area (Å²) in [5.41, 5.74) is 2.96. The van der Waals surface area contributed by atoms with E-state index >= 15 is 0 Å². The van der Waals surface area contributed by atoms with Gasteiger partial charge in [0.25, 0.3) is 0 Å². The lowest BCUT2D eigenvalue weighted by Gasteiger charge is -2.07. The van der Waals surface area contributed by atoms with Crippen molar-refractivity contribution in [2.75, 3.05) is 5.32 Å². The summed E-state index contributed by atoms with van der Waals surface area (Å²) >= 11 is 5.79. The second kappa shape index (κ2) is 4.72. The zero-order valence-corrected chi connectivity index (χ0v) is 10.5. The number of anilines is 1. The molecule has 0 radical (unpaired) electrons. The first-order chi connectivity index (χ1) is 8.10. The van der Waals surface area contributed by atoms with Gasteiger partial charge in [0.15, 0.2) is 0 Å². The molecule has 1 amide bonds. The monoisotopic (exact) mass is 248 g/mol. The Morgan fingerprint density at radius 2 is 2.18 bits per heavy atom. The molecular weight excluding hydrogens is 236 g/mol. The largest absolute Gasteiger partial charge is 0.311 e. The van der Waals surface area contributed by atoms with Crippen LogP contribution in [0.2, 0.25) is 0 Å². The normalized spacial score (nSPS) is 10.5. The first-order valence-corrected chi connectivity index (χ1v) is 5.87. The minimum atomic E-state index is -0.121. The quantitative estimate of drug-likeness (QED) is 0.829. The molecule has 17 heavy (non-hydrogen) atoms. The molecule has 4 heteroatoms. The summed E-state index contributed by atoms with van der Waals surface area (Å²) in [6.45, 7) is 3.46. The predicted octanol–water partition coefficient (Wildman–Crippen LogP) is 3.24. The van der Waals surface area contributed by atoms with Gasteiger partial charge in [-0.25, -0.2) is 4.98 Å². The minimum absolute atomic E-state index is 0.121. The zero-order valence-electron chi connectivity index (χ0n) is 9.75. The molecule has 2 rings (SSSR count). The number of aryl methyl sites for hydroxylation is 1. The SMILES string of the molecule is CC(=O)Nc1cc(C)c2ccc(CCl)cc2n1. The first kappa shape index (κ1) is 11.9. The van der Waals surface area contributed by atoms with Crippen molar-refractivity contribution < 1.29 is 4.79 Å². The number of pyridine rings is 1.